The fraction of sp³-hybridized carbons (Fsp3) is 0.257. The number of anilines is 1. The first kappa shape index (κ1) is 34.0. The fourth-order valence-corrected chi connectivity index (χ4v) is 6.76. The van der Waals surface area contributed by atoms with Gasteiger partial charge in [0.2, 0.25) is 11.8 Å². The number of aryl methyl sites for hydroxylation is 1. The molecule has 0 spiro atoms. The minimum Gasteiger partial charge on any atom is -0.354 e. The van der Waals surface area contributed by atoms with Crippen LogP contribution in [0.15, 0.2) is 108 Å². The first-order valence-electron chi connectivity index (χ1n) is 14.8. The van der Waals surface area contributed by atoms with Gasteiger partial charge in [-0.1, -0.05) is 121 Å². The number of nitrogens with zero attached hydrogens (tertiary/aromatic N) is 2. The first-order valence-corrected chi connectivity index (χ1v) is 17.0. The topological polar surface area (TPSA) is 86.8 Å². The van der Waals surface area contributed by atoms with E-state index in [4.69, 9.17) is 23.2 Å². The molecule has 4 aromatic carbocycles. The number of halogens is 2. The van der Waals surface area contributed by atoms with E-state index < -0.39 is 28.5 Å². The summed E-state index contributed by atoms with van der Waals surface area (Å²) in [6.07, 6.45) is 1.91. The maximum Gasteiger partial charge on any atom is 0.264 e. The summed E-state index contributed by atoms with van der Waals surface area (Å²) in [6, 6.07) is 28.6. The van der Waals surface area contributed by atoms with E-state index in [2.05, 4.69) is 5.32 Å². The van der Waals surface area contributed by atoms with Crippen LogP contribution in [0.3, 0.4) is 0 Å². The normalized spacial score (nSPS) is 11.9. The van der Waals surface area contributed by atoms with Gasteiger partial charge in [-0.05, 0) is 48.7 Å². The molecule has 0 radical (unpaired) electrons. The van der Waals surface area contributed by atoms with Crippen molar-refractivity contribution in [3.63, 3.8) is 0 Å². The van der Waals surface area contributed by atoms with Crippen molar-refractivity contribution in [3.05, 3.63) is 130 Å². The average molecular weight is 667 g/mol. The zero-order valence-electron chi connectivity index (χ0n) is 25.3. The zero-order chi connectivity index (χ0) is 32.4. The number of benzene rings is 4. The van der Waals surface area contributed by atoms with Crippen LogP contribution in [0, 0.1) is 6.92 Å². The van der Waals surface area contributed by atoms with Crippen molar-refractivity contribution in [2.75, 3.05) is 17.4 Å². The lowest BCUT2D eigenvalue weighted by Crippen LogP contribution is -2.53. The molecule has 0 saturated heterocycles. The molecule has 236 valence electrons. The minimum atomic E-state index is -4.28. The van der Waals surface area contributed by atoms with E-state index in [1.54, 1.807) is 30.3 Å². The van der Waals surface area contributed by atoms with Crippen LogP contribution in [-0.4, -0.2) is 44.3 Å². The molecule has 0 aliphatic heterocycles. The van der Waals surface area contributed by atoms with E-state index in [-0.39, 0.29) is 39.5 Å². The summed E-state index contributed by atoms with van der Waals surface area (Å²) in [5.74, 6) is -0.885. The molecule has 0 aliphatic carbocycles. The highest BCUT2D eigenvalue weighted by atomic mass is 35.5. The minimum absolute atomic E-state index is 0.00491. The molecular formula is C35H37Cl2N3O4S. The van der Waals surface area contributed by atoms with Gasteiger partial charge in [0.05, 0.1) is 20.6 Å². The Bertz CT molecular complexity index is 1690. The smallest absolute Gasteiger partial charge is 0.264 e. The molecule has 0 heterocycles. The van der Waals surface area contributed by atoms with Gasteiger partial charge in [0.1, 0.15) is 12.6 Å². The molecule has 1 N–H and O–H groups in total. The molecule has 2 amide bonds. The second-order valence-electron chi connectivity index (χ2n) is 10.8. The SMILES string of the molecule is CCCCNC(=O)C(Cc1ccccc1)N(Cc1ccc(C)cc1)C(=O)CN(c1cccc(Cl)c1Cl)S(=O)(=O)c1ccccc1. The van der Waals surface area contributed by atoms with E-state index in [1.807, 2.05) is 68.4 Å². The number of hydrogen-bond donors (Lipinski definition) is 1. The lowest BCUT2D eigenvalue weighted by atomic mass is 10.0. The number of nitrogens with one attached hydrogen (secondary N) is 1. The quantitative estimate of drug-likeness (QED) is 0.146. The maximum atomic E-state index is 14.5. The lowest BCUT2D eigenvalue weighted by Gasteiger charge is -2.34. The molecule has 0 saturated carbocycles. The van der Waals surface area contributed by atoms with Gasteiger partial charge in [0.25, 0.3) is 10.0 Å². The van der Waals surface area contributed by atoms with Gasteiger partial charge in [-0.15, -0.1) is 0 Å². The Hall–Kier alpha value is -3.85. The summed E-state index contributed by atoms with van der Waals surface area (Å²) in [5, 5.41) is 3.13. The third-order valence-corrected chi connectivity index (χ3v) is 9.97. The molecule has 4 rings (SSSR count). The van der Waals surface area contributed by atoms with Gasteiger partial charge >= 0.3 is 0 Å². The largest absolute Gasteiger partial charge is 0.354 e. The highest BCUT2D eigenvalue weighted by Gasteiger charge is 2.35. The van der Waals surface area contributed by atoms with E-state index in [9.17, 15) is 18.0 Å². The number of carbonyl (C=O) groups excluding carboxylic acids is 2. The Morgan fingerprint density at radius 3 is 2.11 bits per heavy atom. The van der Waals surface area contributed by atoms with Crippen molar-refractivity contribution in [1.29, 1.82) is 0 Å². The number of unbranched alkanes of at least 4 members (excludes halogenated alkanes) is 1. The number of carbonyl (C=O) groups is 2. The van der Waals surface area contributed by atoms with Crippen molar-refractivity contribution in [3.8, 4) is 0 Å². The molecule has 1 unspecified atom stereocenters. The Morgan fingerprint density at radius 2 is 1.47 bits per heavy atom. The molecular weight excluding hydrogens is 629 g/mol. The van der Waals surface area contributed by atoms with Gasteiger partial charge in [-0.3, -0.25) is 13.9 Å². The van der Waals surface area contributed by atoms with Crippen molar-refractivity contribution in [2.24, 2.45) is 0 Å². The van der Waals surface area contributed by atoms with Crippen molar-refractivity contribution in [2.45, 2.75) is 50.6 Å². The molecule has 0 bridgehead atoms. The predicted octanol–water partition coefficient (Wildman–Crippen LogP) is 7.05. The van der Waals surface area contributed by atoms with E-state index in [0.29, 0.717) is 6.54 Å². The number of sulfonamides is 1. The molecule has 0 fully saturated rings. The van der Waals surface area contributed by atoms with Crippen LogP contribution >= 0.6 is 23.2 Å². The second kappa shape index (κ2) is 15.9. The molecule has 45 heavy (non-hydrogen) atoms. The molecule has 10 heteroatoms. The molecule has 4 aromatic rings. The third kappa shape index (κ3) is 8.87. The van der Waals surface area contributed by atoms with Crippen LogP contribution in [0.1, 0.15) is 36.5 Å². The number of rotatable bonds is 14. The standard InChI is InChI=1S/C35H37Cl2N3O4S/c1-3-4-22-38-35(42)32(23-27-12-7-5-8-13-27)39(24-28-20-18-26(2)19-21-28)33(41)25-40(31-17-11-16-30(36)34(31)37)45(43,44)29-14-9-6-10-15-29/h5-21,32H,3-4,22-25H2,1-2H3,(H,38,42). The third-order valence-electron chi connectivity index (χ3n) is 7.38. The van der Waals surface area contributed by atoms with E-state index in [1.165, 1.54) is 23.1 Å². The van der Waals surface area contributed by atoms with Gasteiger partial charge in [-0.25, -0.2) is 8.42 Å². The summed E-state index contributed by atoms with van der Waals surface area (Å²) >= 11 is 12.9. The Kier molecular flexibility index (Phi) is 12.0. The fourth-order valence-electron chi connectivity index (χ4n) is 4.87. The second-order valence-corrected chi connectivity index (χ2v) is 13.4. The van der Waals surface area contributed by atoms with Crippen molar-refractivity contribution < 1.29 is 18.0 Å². The highest BCUT2D eigenvalue weighted by Crippen LogP contribution is 2.35. The number of hydrogen-bond acceptors (Lipinski definition) is 4. The average Bonchev–Trinajstić information content (AvgIpc) is 3.04. The summed E-state index contributed by atoms with van der Waals surface area (Å²) < 4.78 is 29.2. The summed E-state index contributed by atoms with van der Waals surface area (Å²) in [4.78, 5) is 29.8. The van der Waals surface area contributed by atoms with Crippen LogP contribution in [-0.2, 0) is 32.6 Å². The van der Waals surface area contributed by atoms with Crippen LogP contribution in [0.25, 0.3) is 0 Å². The van der Waals surface area contributed by atoms with Crippen LogP contribution in [0.4, 0.5) is 5.69 Å². The number of amides is 2. The predicted molar refractivity (Wildman–Crippen MR) is 181 cm³/mol. The van der Waals surface area contributed by atoms with Gasteiger partial charge < -0.3 is 10.2 Å². The van der Waals surface area contributed by atoms with Crippen LogP contribution < -0.4 is 9.62 Å². The lowest BCUT2D eigenvalue weighted by molar-refractivity contribution is -0.140. The monoisotopic (exact) mass is 665 g/mol. The van der Waals surface area contributed by atoms with Crippen molar-refractivity contribution in [1.82, 2.24) is 10.2 Å². The zero-order valence-corrected chi connectivity index (χ0v) is 27.7. The van der Waals surface area contributed by atoms with Gasteiger partial charge in [0.15, 0.2) is 0 Å². The Balaban J connectivity index is 1.81. The summed E-state index contributed by atoms with van der Waals surface area (Å²) in [5.41, 5.74) is 2.77. The molecule has 0 aliphatic rings. The molecule has 7 nitrogen and oxygen atoms in total. The maximum absolute atomic E-state index is 14.5. The Labute approximate surface area is 275 Å². The van der Waals surface area contributed by atoms with Gasteiger partial charge in [-0.2, -0.15) is 0 Å². The summed E-state index contributed by atoms with van der Waals surface area (Å²) in [7, 11) is -4.28. The van der Waals surface area contributed by atoms with Crippen LogP contribution in [0.5, 0.6) is 0 Å². The first-order chi connectivity index (χ1) is 21.6. The van der Waals surface area contributed by atoms with E-state index in [0.717, 1.165) is 33.8 Å². The van der Waals surface area contributed by atoms with Crippen molar-refractivity contribution >= 4 is 50.7 Å². The molecule has 0 aromatic heterocycles. The van der Waals surface area contributed by atoms with E-state index >= 15 is 0 Å². The highest BCUT2D eigenvalue weighted by molar-refractivity contribution is 7.92. The van der Waals surface area contributed by atoms with Gasteiger partial charge in [0, 0.05) is 19.5 Å². The summed E-state index contributed by atoms with van der Waals surface area (Å²) in [6.45, 7) is 3.92. The molecule has 1 atom stereocenters. The Morgan fingerprint density at radius 1 is 0.822 bits per heavy atom. The van der Waals surface area contributed by atoms with Crippen LogP contribution in [0.2, 0.25) is 10.0 Å².